The minimum atomic E-state index is -5.02. The Hall–Kier alpha value is 0.861. The van der Waals surface area contributed by atoms with Gasteiger partial charge in [0.05, 0.1) is 4.47 Å². The van der Waals surface area contributed by atoms with Crippen molar-refractivity contribution in [3.8, 4) is 0 Å². The van der Waals surface area contributed by atoms with Gasteiger partial charge in [-0.2, -0.15) is 0 Å². The second-order valence-corrected chi connectivity index (χ2v) is 3.48. The van der Waals surface area contributed by atoms with E-state index < -0.39 is 12.8 Å². The van der Waals surface area contributed by atoms with Crippen LogP contribution in [0.15, 0.2) is 28.6 Å². The molecule has 0 atom stereocenters. The van der Waals surface area contributed by atoms with Gasteiger partial charge in [-0.1, -0.05) is 18.2 Å². The summed E-state index contributed by atoms with van der Waals surface area (Å²) in [6, 6.07) is 4.17. The van der Waals surface area contributed by atoms with Crippen molar-refractivity contribution in [2.75, 3.05) is 0 Å². The van der Waals surface area contributed by atoms with E-state index in [-0.39, 0.29) is 67.4 Å². The van der Waals surface area contributed by atoms with Crippen molar-refractivity contribution in [1.29, 1.82) is 0 Å². The summed E-state index contributed by atoms with van der Waals surface area (Å²) in [6.45, 7) is -5.02. The molecule has 0 nitrogen and oxygen atoms in total. The first kappa shape index (κ1) is 15.9. The summed E-state index contributed by atoms with van der Waals surface area (Å²) in [7, 11) is 0. The molecule has 0 amide bonds. The zero-order chi connectivity index (χ0) is 10.8. The van der Waals surface area contributed by atoms with Crippen LogP contribution >= 0.6 is 15.9 Å². The SMILES string of the molecule is Fc1c(Br)cccc1/C=C/[B-](F)(F)F.[K+]. The molecule has 0 radical (unpaired) electrons. The molecule has 0 saturated carbocycles. The molecular weight excluding hydrogens is 302 g/mol. The fourth-order valence-electron chi connectivity index (χ4n) is 0.862. The van der Waals surface area contributed by atoms with E-state index in [1.54, 1.807) is 0 Å². The van der Waals surface area contributed by atoms with Crippen molar-refractivity contribution < 1.29 is 68.7 Å². The van der Waals surface area contributed by atoms with Gasteiger partial charge < -0.3 is 12.9 Å². The van der Waals surface area contributed by atoms with Crippen LogP contribution in [0, 0.1) is 5.82 Å². The second kappa shape index (κ2) is 6.56. The maximum Gasteiger partial charge on any atom is 1.00 e. The third-order valence-electron chi connectivity index (χ3n) is 1.48. The van der Waals surface area contributed by atoms with Gasteiger partial charge >= 0.3 is 58.4 Å². The van der Waals surface area contributed by atoms with Crippen LogP contribution in [-0.4, -0.2) is 6.98 Å². The molecular formula is C8H5BBrF4K. The average molecular weight is 307 g/mol. The van der Waals surface area contributed by atoms with Crippen molar-refractivity contribution in [2.45, 2.75) is 0 Å². The quantitative estimate of drug-likeness (QED) is 0.565. The second-order valence-electron chi connectivity index (χ2n) is 2.63. The Balaban J connectivity index is 0.00000196. The maximum absolute atomic E-state index is 13.1. The van der Waals surface area contributed by atoms with Crippen molar-refractivity contribution in [3.63, 3.8) is 0 Å². The fraction of sp³-hybridized carbons (Fsp3) is 0. The Morgan fingerprint density at radius 3 is 2.33 bits per heavy atom. The van der Waals surface area contributed by atoms with Gasteiger partial charge in [0.1, 0.15) is 5.82 Å². The molecule has 1 aromatic rings. The van der Waals surface area contributed by atoms with Crippen molar-refractivity contribution in [1.82, 2.24) is 0 Å². The van der Waals surface area contributed by atoms with E-state index >= 15 is 0 Å². The minimum absolute atomic E-state index is 0. The number of benzene rings is 1. The zero-order valence-corrected chi connectivity index (χ0v) is 12.6. The Morgan fingerprint density at radius 1 is 1.20 bits per heavy atom. The topological polar surface area (TPSA) is 0 Å². The molecule has 0 aliphatic carbocycles. The predicted octanol–water partition coefficient (Wildman–Crippen LogP) is 0.992. The van der Waals surface area contributed by atoms with Crippen LogP contribution in [-0.2, 0) is 0 Å². The standard InChI is InChI=1S/C8H5BBrF4.K/c10-7-3-1-2-6(8(7)11)4-5-9(12,13)14;/h1-5H;/q-1;+1/b5-4+;. The molecule has 0 N–H and O–H groups in total. The van der Waals surface area contributed by atoms with E-state index in [1.165, 1.54) is 18.2 Å². The van der Waals surface area contributed by atoms with E-state index in [1.807, 2.05) is 0 Å². The maximum atomic E-state index is 13.1. The number of hydrogen-bond acceptors (Lipinski definition) is 0. The third kappa shape index (κ3) is 5.65. The molecule has 0 fully saturated rings. The minimum Gasteiger partial charge on any atom is -0.445 e. The molecule has 0 aliphatic rings. The third-order valence-corrected chi connectivity index (χ3v) is 2.09. The Morgan fingerprint density at radius 2 is 1.80 bits per heavy atom. The molecule has 15 heavy (non-hydrogen) atoms. The van der Waals surface area contributed by atoms with Gasteiger partial charge in [-0.3, -0.25) is 0 Å². The molecule has 7 heteroatoms. The van der Waals surface area contributed by atoms with Crippen LogP contribution in [0.2, 0.25) is 0 Å². The van der Waals surface area contributed by atoms with E-state index in [9.17, 15) is 17.3 Å². The van der Waals surface area contributed by atoms with Crippen molar-refractivity contribution in [2.24, 2.45) is 0 Å². The number of hydrogen-bond donors (Lipinski definition) is 0. The van der Waals surface area contributed by atoms with Gasteiger partial charge in [0.2, 0.25) is 0 Å². The van der Waals surface area contributed by atoms with E-state index in [0.29, 0.717) is 0 Å². The summed E-state index contributed by atoms with van der Waals surface area (Å²) < 4.78 is 48.7. The molecule has 1 rings (SSSR count). The summed E-state index contributed by atoms with van der Waals surface area (Å²) in [6.07, 6.45) is 0.722. The molecule has 0 saturated heterocycles. The summed E-state index contributed by atoms with van der Waals surface area (Å²) in [4.78, 5) is 0. The summed E-state index contributed by atoms with van der Waals surface area (Å²) in [5.74, 6) is -0.631. The molecule has 0 aliphatic heterocycles. The smallest absolute Gasteiger partial charge is 0.445 e. The largest absolute Gasteiger partial charge is 1.00 e. The van der Waals surface area contributed by atoms with Gasteiger partial charge in [-0.05, 0) is 22.0 Å². The molecule has 0 unspecified atom stereocenters. The molecule has 0 heterocycles. The van der Waals surface area contributed by atoms with Gasteiger partial charge in [0.25, 0.3) is 0 Å². The van der Waals surface area contributed by atoms with Crippen LogP contribution in [0.1, 0.15) is 5.56 Å². The average Bonchev–Trinajstić information content (AvgIpc) is 2.06. The first-order valence-electron chi connectivity index (χ1n) is 3.73. The van der Waals surface area contributed by atoms with E-state index in [4.69, 9.17) is 0 Å². The molecule has 0 aromatic heterocycles. The first-order valence-corrected chi connectivity index (χ1v) is 4.52. The summed E-state index contributed by atoms with van der Waals surface area (Å²) in [5, 5.41) is 0. The summed E-state index contributed by atoms with van der Waals surface area (Å²) in [5.41, 5.74) is -0.0847. The number of rotatable bonds is 2. The van der Waals surface area contributed by atoms with Crippen LogP contribution in [0.3, 0.4) is 0 Å². The van der Waals surface area contributed by atoms with Crippen molar-refractivity contribution in [3.05, 3.63) is 40.0 Å². The van der Waals surface area contributed by atoms with E-state index in [0.717, 1.165) is 6.08 Å². The molecule has 1 aromatic carbocycles. The molecule has 0 bridgehead atoms. The van der Waals surface area contributed by atoms with Crippen LogP contribution in [0.5, 0.6) is 0 Å². The van der Waals surface area contributed by atoms with E-state index in [2.05, 4.69) is 15.9 Å². The fourth-order valence-corrected chi connectivity index (χ4v) is 1.24. The summed E-state index contributed by atoms with van der Waals surface area (Å²) >= 11 is 2.88. The van der Waals surface area contributed by atoms with Gasteiger partial charge in [-0.15, -0.1) is 5.98 Å². The zero-order valence-electron chi connectivity index (χ0n) is 7.85. The molecule has 76 valence electrons. The van der Waals surface area contributed by atoms with Gasteiger partial charge in [0.15, 0.2) is 0 Å². The number of halogens is 5. The predicted molar refractivity (Wildman–Crippen MR) is 52.2 cm³/mol. The Kier molecular flexibility index (Phi) is 6.94. The Bertz CT molecular complexity index is 364. The Labute approximate surface area is 136 Å². The molecule has 0 spiro atoms. The van der Waals surface area contributed by atoms with Crippen molar-refractivity contribution >= 4 is 29.0 Å². The van der Waals surface area contributed by atoms with Crippen LogP contribution in [0.4, 0.5) is 17.3 Å². The van der Waals surface area contributed by atoms with Crippen LogP contribution < -0.4 is 51.4 Å². The normalized spacial score (nSPS) is 11.5. The van der Waals surface area contributed by atoms with Gasteiger partial charge in [-0.25, -0.2) is 4.39 Å². The monoisotopic (exact) mass is 306 g/mol. The van der Waals surface area contributed by atoms with Crippen LogP contribution in [0.25, 0.3) is 6.08 Å². The first-order chi connectivity index (χ1) is 6.40. The van der Waals surface area contributed by atoms with Gasteiger partial charge in [0, 0.05) is 5.56 Å².